The Hall–Kier alpha value is -1.95. The average molecular weight is 451 g/mol. The topological polar surface area (TPSA) is 83.6 Å². The van der Waals surface area contributed by atoms with Crippen LogP contribution < -0.4 is 4.72 Å². The predicted molar refractivity (Wildman–Crippen MR) is 102 cm³/mol. The Morgan fingerprint density at radius 1 is 0.897 bits per heavy atom. The number of rotatable bonds is 8. The first kappa shape index (κ1) is 23.3. The zero-order chi connectivity index (χ0) is 21.9. The van der Waals surface area contributed by atoms with Crippen molar-refractivity contribution < 1.29 is 30.0 Å². The van der Waals surface area contributed by atoms with Gasteiger partial charge in [-0.3, -0.25) is 0 Å². The Labute approximate surface area is 168 Å². The van der Waals surface area contributed by atoms with E-state index >= 15 is 0 Å². The van der Waals surface area contributed by atoms with Crippen molar-refractivity contribution in [2.75, 3.05) is 13.1 Å². The molecular formula is C18H21F3N2O4S2. The zero-order valence-electron chi connectivity index (χ0n) is 15.8. The van der Waals surface area contributed by atoms with Gasteiger partial charge in [-0.15, -0.1) is 0 Å². The second kappa shape index (κ2) is 8.82. The monoisotopic (exact) mass is 450 g/mol. The van der Waals surface area contributed by atoms with Gasteiger partial charge in [-0.1, -0.05) is 32.0 Å². The predicted octanol–water partition coefficient (Wildman–Crippen LogP) is 3.21. The highest BCUT2D eigenvalue weighted by Gasteiger charge is 2.30. The van der Waals surface area contributed by atoms with Crippen LogP contribution in [0.4, 0.5) is 13.2 Å². The first-order chi connectivity index (χ1) is 13.4. The maximum atomic E-state index is 12.8. The first-order valence-corrected chi connectivity index (χ1v) is 11.6. The van der Waals surface area contributed by atoms with E-state index in [2.05, 4.69) is 4.72 Å². The quantitative estimate of drug-likeness (QED) is 0.670. The Kier molecular flexibility index (Phi) is 7.10. The summed E-state index contributed by atoms with van der Waals surface area (Å²) in [7, 11) is -7.77. The molecule has 0 heterocycles. The van der Waals surface area contributed by atoms with Crippen LogP contribution in [0.15, 0.2) is 58.3 Å². The summed E-state index contributed by atoms with van der Waals surface area (Å²) in [5.41, 5.74) is -0.732. The molecule has 11 heteroatoms. The van der Waals surface area contributed by atoms with E-state index in [1.807, 2.05) is 0 Å². The molecule has 0 amide bonds. The molecule has 2 aromatic rings. The van der Waals surface area contributed by atoms with E-state index in [9.17, 15) is 30.0 Å². The molecule has 0 aliphatic heterocycles. The van der Waals surface area contributed by atoms with Crippen molar-refractivity contribution in [3.63, 3.8) is 0 Å². The molecule has 0 aliphatic rings. The van der Waals surface area contributed by atoms with Gasteiger partial charge in [0.05, 0.1) is 15.4 Å². The van der Waals surface area contributed by atoms with E-state index in [-0.39, 0.29) is 35.0 Å². The fourth-order valence-corrected chi connectivity index (χ4v) is 5.10. The molecule has 6 nitrogen and oxygen atoms in total. The first-order valence-electron chi connectivity index (χ1n) is 8.68. The molecule has 0 spiro atoms. The Morgan fingerprint density at radius 2 is 1.45 bits per heavy atom. The molecule has 0 fully saturated rings. The molecule has 0 bridgehead atoms. The summed E-state index contributed by atoms with van der Waals surface area (Å²) < 4.78 is 91.4. The molecule has 0 atom stereocenters. The molecule has 2 rings (SSSR count). The molecule has 2 aromatic carbocycles. The van der Waals surface area contributed by atoms with Crippen molar-refractivity contribution in [3.8, 4) is 0 Å². The third kappa shape index (κ3) is 5.56. The van der Waals surface area contributed by atoms with E-state index in [4.69, 9.17) is 0 Å². The van der Waals surface area contributed by atoms with Crippen molar-refractivity contribution in [1.29, 1.82) is 0 Å². The summed E-state index contributed by atoms with van der Waals surface area (Å²) in [6, 6.07) is 8.99. The van der Waals surface area contributed by atoms with Gasteiger partial charge >= 0.3 is 6.18 Å². The Morgan fingerprint density at radius 3 is 1.97 bits per heavy atom. The van der Waals surface area contributed by atoms with Gasteiger partial charge in [0.15, 0.2) is 0 Å². The van der Waals surface area contributed by atoms with Crippen molar-refractivity contribution >= 4 is 20.0 Å². The minimum Gasteiger partial charge on any atom is -0.207 e. The highest BCUT2D eigenvalue weighted by molar-refractivity contribution is 7.89. The minimum atomic E-state index is -4.53. The number of nitrogens with one attached hydrogen (secondary N) is 1. The van der Waals surface area contributed by atoms with Gasteiger partial charge in [-0.25, -0.2) is 21.6 Å². The number of hydrogen-bond acceptors (Lipinski definition) is 4. The largest absolute Gasteiger partial charge is 0.416 e. The fourth-order valence-electron chi connectivity index (χ4n) is 2.62. The van der Waals surface area contributed by atoms with Gasteiger partial charge in [-0.2, -0.15) is 17.5 Å². The van der Waals surface area contributed by atoms with Crippen LogP contribution in [-0.2, 0) is 32.8 Å². The molecule has 0 aliphatic carbocycles. The fraction of sp³-hybridized carbons (Fsp3) is 0.333. The molecular weight excluding hydrogens is 429 g/mol. The molecule has 0 saturated carbocycles. The van der Waals surface area contributed by atoms with E-state index in [1.165, 1.54) is 28.6 Å². The van der Waals surface area contributed by atoms with E-state index in [0.29, 0.717) is 0 Å². The number of benzene rings is 2. The third-order valence-electron chi connectivity index (χ3n) is 4.20. The number of alkyl halides is 3. The Bertz CT molecular complexity index is 1050. The zero-order valence-corrected chi connectivity index (χ0v) is 17.4. The summed E-state index contributed by atoms with van der Waals surface area (Å²) >= 11 is 0. The number of hydrogen-bond donors (Lipinski definition) is 1. The minimum absolute atomic E-state index is 0.0435. The molecule has 29 heavy (non-hydrogen) atoms. The highest BCUT2D eigenvalue weighted by atomic mass is 32.2. The summed E-state index contributed by atoms with van der Waals surface area (Å²) in [5, 5.41) is 0. The lowest BCUT2D eigenvalue weighted by Gasteiger charge is -2.18. The number of nitrogens with zero attached hydrogens (tertiary/aromatic N) is 1. The van der Waals surface area contributed by atoms with Crippen LogP contribution in [0.3, 0.4) is 0 Å². The van der Waals surface area contributed by atoms with Crippen LogP contribution in [0.1, 0.15) is 25.0 Å². The van der Waals surface area contributed by atoms with Gasteiger partial charge in [0.25, 0.3) is 0 Å². The SMILES string of the molecule is CCN(CC)S(=O)(=O)c1ccc(S(=O)(=O)NCc2cccc(C(F)(F)F)c2)cc1. The van der Waals surface area contributed by atoms with Crippen molar-refractivity contribution in [1.82, 2.24) is 9.03 Å². The summed E-state index contributed by atoms with van der Waals surface area (Å²) in [6.45, 7) is 3.59. The number of sulfonamides is 2. The van der Waals surface area contributed by atoms with E-state index in [0.717, 1.165) is 24.3 Å². The molecule has 0 radical (unpaired) electrons. The lowest BCUT2D eigenvalue weighted by Crippen LogP contribution is -2.30. The lowest BCUT2D eigenvalue weighted by molar-refractivity contribution is -0.137. The standard InChI is InChI=1S/C18H21F3N2O4S2/c1-3-23(4-2)29(26,27)17-10-8-16(9-11-17)28(24,25)22-13-14-6-5-7-15(12-14)18(19,20)21/h5-12,22H,3-4,13H2,1-2H3. The molecule has 1 N–H and O–H groups in total. The highest BCUT2D eigenvalue weighted by Crippen LogP contribution is 2.29. The van der Waals surface area contributed by atoms with E-state index < -0.39 is 31.8 Å². The lowest BCUT2D eigenvalue weighted by atomic mass is 10.1. The van der Waals surface area contributed by atoms with Gasteiger partial charge < -0.3 is 0 Å². The van der Waals surface area contributed by atoms with Gasteiger partial charge in [0.2, 0.25) is 20.0 Å². The van der Waals surface area contributed by atoms with Crippen LogP contribution in [0.5, 0.6) is 0 Å². The molecule has 160 valence electrons. The third-order valence-corrected chi connectivity index (χ3v) is 7.68. The van der Waals surface area contributed by atoms with Crippen molar-refractivity contribution in [2.45, 2.75) is 36.4 Å². The second-order valence-corrected chi connectivity index (χ2v) is 9.79. The second-order valence-electron chi connectivity index (χ2n) is 6.08. The van der Waals surface area contributed by atoms with Crippen LogP contribution in [-0.4, -0.2) is 34.2 Å². The van der Waals surface area contributed by atoms with Crippen LogP contribution in [0.2, 0.25) is 0 Å². The smallest absolute Gasteiger partial charge is 0.207 e. The van der Waals surface area contributed by atoms with Crippen molar-refractivity contribution in [3.05, 3.63) is 59.7 Å². The number of halogens is 3. The van der Waals surface area contributed by atoms with Crippen LogP contribution in [0.25, 0.3) is 0 Å². The molecule has 0 saturated heterocycles. The van der Waals surface area contributed by atoms with Gasteiger partial charge in [-0.05, 0) is 35.9 Å². The maximum Gasteiger partial charge on any atom is 0.416 e. The summed E-state index contributed by atoms with van der Waals surface area (Å²) in [5.74, 6) is 0. The molecule has 0 unspecified atom stereocenters. The van der Waals surface area contributed by atoms with Crippen LogP contribution in [0, 0.1) is 0 Å². The average Bonchev–Trinajstić information content (AvgIpc) is 2.67. The summed E-state index contributed by atoms with van der Waals surface area (Å²) in [6.07, 6.45) is -4.53. The summed E-state index contributed by atoms with van der Waals surface area (Å²) in [4.78, 5) is -0.235. The van der Waals surface area contributed by atoms with Crippen LogP contribution >= 0.6 is 0 Å². The molecule has 0 aromatic heterocycles. The maximum absolute atomic E-state index is 12.8. The van der Waals surface area contributed by atoms with E-state index in [1.54, 1.807) is 13.8 Å². The van der Waals surface area contributed by atoms with Gasteiger partial charge in [0.1, 0.15) is 0 Å². The Balaban J connectivity index is 2.18. The van der Waals surface area contributed by atoms with Crippen molar-refractivity contribution in [2.24, 2.45) is 0 Å². The normalized spacial score (nSPS) is 13.0. The van der Waals surface area contributed by atoms with Gasteiger partial charge in [0, 0.05) is 19.6 Å².